The Balaban J connectivity index is 0.00000264. The molecule has 2 heterocycles. The molecule has 0 bridgehead atoms. The van der Waals surface area contributed by atoms with E-state index < -0.39 is 6.04 Å². The van der Waals surface area contributed by atoms with Crippen molar-refractivity contribution in [3.8, 4) is 0 Å². The van der Waals surface area contributed by atoms with E-state index in [1.54, 1.807) is 17.9 Å². The van der Waals surface area contributed by atoms with Crippen molar-refractivity contribution in [3.63, 3.8) is 0 Å². The third-order valence-electron chi connectivity index (χ3n) is 4.25. The predicted octanol–water partition coefficient (Wildman–Crippen LogP) is 1.71. The number of piperidine rings is 1. The molecule has 23 heavy (non-hydrogen) atoms. The van der Waals surface area contributed by atoms with Crippen molar-refractivity contribution in [2.24, 2.45) is 11.7 Å². The molecule has 0 spiro atoms. The summed E-state index contributed by atoms with van der Waals surface area (Å²) in [6, 6.07) is 1.31. The minimum Gasteiger partial charge on any atom is -0.469 e. The van der Waals surface area contributed by atoms with Crippen molar-refractivity contribution in [1.29, 1.82) is 0 Å². The molecule has 2 amide bonds. The fourth-order valence-corrected chi connectivity index (χ4v) is 2.62. The van der Waals surface area contributed by atoms with Crippen molar-refractivity contribution in [2.45, 2.75) is 45.7 Å². The van der Waals surface area contributed by atoms with E-state index >= 15 is 0 Å². The van der Waals surface area contributed by atoms with Gasteiger partial charge in [-0.25, -0.2) is 0 Å². The summed E-state index contributed by atoms with van der Waals surface area (Å²) in [5.74, 6) is 0.641. The minimum atomic E-state index is -0.445. The van der Waals surface area contributed by atoms with Crippen LogP contribution < -0.4 is 11.1 Å². The zero-order chi connectivity index (χ0) is 16.3. The lowest BCUT2D eigenvalue weighted by atomic mass is 10.00. The summed E-state index contributed by atoms with van der Waals surface area (Å²) in [7, 11) is 0. The molecule has 0 unspecified atom stereocenters. The van der Waals surface area contributed by atoms with Crippen LogP contribution in [0.1, 0.15) is 42.8 Å². The molecular formula is C16H26ClN3O3. The van der Waals surface area contributed by atoms with E-state index in [0.717, 1.165) is 12.8 Å². The van der Waals surface area contributed by atoms with Crippen LogP contribution in [0.25, 0.3) is 0 Å². The Morgan fingerprint density at radius 1 is 1.35 bits per heavy atom. The average molecular weight is 344 g/mol. The summed E-state index contributed by atoms with van der Waals surface area (Å²) >= 11 is 0. The predicted molar refractivity (Wildman–Crippen MR) is 90.6 cm³/mol. The maximum atomic E-state index is 12.2. The molecule has 0 aromatic carbocycles. The van der Waals surface area contributed by atoms with Gasteiger partial charge in [-0.1, -0.05) is 13.8 Å². The average Bonchev–Trinajstić information content (AvgIpc) is 2.92. The number of amides is 2. The van der Waals surface area contributed by atoms with Gasteiger partial charge >= 0.3 is 0 Å². The lowest BCUT2D eigenvalue weighted by Gasteiger charge is -2.34. The zero-order valence-electron chi connectivity index (χ0n) is 13.9. The Bertz CT molecular complexity index is 536. The molecule has 0 saturated carbocycles. The third kappa shape index (κ3) is 4.72. The molecule has 6 nitrogen and oxygen atoms in total. The van der Waals surface area contributed by atoms with E-state index in [1.165, 1.54) is 6.26 Å². The van der Waals surface area contributed by atoms with Gasteiger partial charge in [-0.05, 0) is 31.7 Å². The first-order chi connectivity index (χ1) is 10.4. The molecular weight excluding hydrogens is 318 g/mol. The molecule has 1 saturated heterocycles. The number of hydrogen-bond donors (Lipinski definition) is 2. The highest BCUT2D eigenvalue weighted by Gasteiger charge is 2.28. The van der Waals surface area contributed by atoms with Crippen LogP contribution >= 0.6 is 12.4 Å². The monoisotopic (exact) mass is 343 g/mol. The van der Waals surface area contributed by atoms with Crippen LogP contribution in [0.4, 0.5) is 0 Å². The van der Waals surface area contributed by atoms with Crippen molar-refractivity contribution in [1.82, 2.24) is 10.2 Å². The van der Waals surface area contributed by atoms with Crippen LogP contribution in [0.3, 0.4) is 0 Å². The van der Waals surface area contributed by atoms with E-state index in [2.05, 4.69) is 5.32 Å². The summed E-state index contributed by atoms with van der Waals surface area (Å²) in [6.07, 6.45) is 3.01. The first-order valence-electron chi connectivity index (χ1n) is 7.79. The SMILES string of the molecule is Cc1occc1C(=O)NC1CCN(C(=O)[C@@H](N)C(C)C)CC1.Cl. The summed E-state index contributed by atoms with van der Waals surface area (Å²) in [5.41, 5.74) is 6.49. The molecule has 1 aromatic rings. The van der Waals surface area contributed by atoms with Gasteiger partial charge in [0.05, 0.1) is 17.9 Å². The van der Waals surface area contributed by atoms with Crippen molar-refractivity contribution in [2.75, 3.05) is 13.1 Å². The second kappa shape index (κ2) is 8.36. The Hall–Kier alpha value is -1.53. The molecule has 0 radical (unpaired) electrons. The minimum absolute atomic E-state index is 0. The molecule has 7 heteroatoms. The first-order valence-corrected chi connectivity index (χ1v) is 7.79. The van der Waals surface area contributed by atoms with Gasteiger partial charge in [-0.3, -0.25) is 9.59 Å². The Kier molecular flexibility index (Phi) is 7.09. The third-order valence-corrected chi connectivity index (χ3v) is 4.25. The molecule has 1 atom stereocenters. The number of furan rings is 1. The van der Waals surface area contributed by atoms with E-state index in [9.17, 15) is 9.59 Å². The summed E-state index contributed by atoms with van der Waals surface area (Å²) in [6.45, 7) is 6.93. The number of halogens is 1. The fourth-order valence-electron chi connectivity index (χ4n) is 2.62. The van der Waals surface area contributed by atoms with Gasteiger partial charge in [0.1, 0.15) is 5.76 Å². The molecule has 3 N–H and O–H groups in total. The molecule has 2 rings (SSSR count). The van der Waals surface area contributed by atoms with Crippen molar-refractivity contribution >= 4 is 24.2 Å². The lowest BCUT2D eigenvalue weighted by Crippen LogP contribution is -2.52. The number of nitrogens with two attached hydrogens (primary N) is 1. The molecule has 1 aliphatic rings. The molecule has 1 aliphatic heterocycles. The van der Waals surface area contributed by atoms with Crippen LogP contribution in [0.15, 0.2) is 16.7 Å². The molecule has 1 aromatic heterocycles. The van der Waals surface area contributed by atoms with Gasteiger partial charge in [-0.15, -0.1) is 12.4 Å². The van der Waals surface area contributed by atoms with Gasteiger partial charge in [-0.2, -0.15) is 0 Å². The van der Waals surface area contributed by atoms with Gasteiger partial charge in [0, 0.05) is 19.1 Å². The van der Waals surface area contributed by atoms with Gasteiger partial charge in [0.2, 0.25) is 5.91 Å². The van der Waals surface area contributed by atoms with E-state index in [4.69, 9.17) is 10.2 Å². The van der Waals surface area contributed by atoms with Crippen molar-refractivity contribution < 1.29 is 14.0 Å². The van der Waals surface area contributed by atoms with Crippen LogP contribution in [0.2, 0.25) is 0 Å². The smallest absolute Gasteiger partial charge is 0.255 e. The maximum absolute atomic E-state index is 12.2. The number of aryl methyl sites for hydroxylation is 1. The lowest BCUT2D eigenvalue weighted by molar-refractivity contribution is -0.134. The normalized spacial score (nSPS) is 16.8. The number of likely N-dealkylation sites (tertiary alicyclic amines) is 1. The zero-order valence-corrected chi connectivity index (χ0v) is 14.7. The number of hydrogen-bond acceptors (Lipinski definition) is 4. The maximum Gasteiger partial charge on any atom is 0.255 e. The first kappa shape index (κ1) is 19.5. The van der Waals surface area contributed by atoms with Crippen LogP contribution in [0, 0.1) is 12.8 Å². The Morgan fingerprint density at radius 3 is 2.43 bits per heavy atom. The highest BCUT2D eigenvalue weighted by atomic mass is 35.5. The summed E-state index contributed by atoms with van der Waals surface area (Å²) in [4.78, 5) is 26.1. The van der Waals surface area contributed by atoms with Gasteiger partial charge in [0.25, 0.3) is 5.91 Å². The number of carbonyl (C=O) groups is 2. The second-order valence-electron chi connectivity index (χ2n) is 6.23. The quantitative estimate of drug-likeness (QED) is 0.871. The second-order valence-corrected chi connectivity index (χ2v) is 6.23. The van der Waals surface area contributed by atoms with Crippen LogP contribution in [-0.4, -0.2) is 41.9 Å². The number of carbonyl (C=O) groups excluding carboxylic acids is 2. The Morgan fingerprint density at radius 2 is 1.96 bits per heavy atom. The standard InChI is InChI=1S/C16H25N3O3.ClH/c1-10(2)14(17)16(21)19-7-4-12(5-8-19)18-15(20)13-6-9-22-11(13)3;/h6,9-10,12,14H,4-5,7-8,17H2,1-3H3,(H,18,20);1H/t14-;/m0./s1. The number of rotatable bonds is 4. The molecule has 0 aliphatic carbocycles. The fraction of sp³-hybridized carbons (Fsp3) is 0.625. The largest absolute Gasteiger partial charge is 0.469 e. The van der Waals surface area contributed by atoms with E-state index in [1.807, 2.05) is 13.8 Å². The number of nitrogens with zero attached hydrogens (tertiary/aromatic N) is 1. The summed E-state index contributed by atoms with van der Waals surface area (Å²) < 4.78 is 5.14. The van der Waals surface area contributed by atoms with Crippen LogP contribution in [-0.2, 0) is 4.79 Å². The van der Waals surface area contributed by atoms with Gasteiger partial charge in [0.15, 0.2) is 0 Å². The number of nitrogens with one attached hydrogen (secondary N) is 1. The van der Waals surface area contributed by atoms with Crippen LogP contribution in [0.5, 0.6) is 0 Å². The molecule has 130 valence electrons. The van der Waals surface area contributed by atoms with Gasteiger partial charge < -0.3 is 20.4 Å². The highest BCUT2D eigenvalue weighted by molar-refractivity contribution is 5.95. The van der Waals surface area contributed by atoms with Crippen molar-refractivity contribution in [3.05, 3.63) is 23.7 Å². The topological polar surface area (TPSA) is 88.6 Å². The van der Waals surface area contributed by atoms with E-state index in [0.29, 0.717) is 24.4 Å². The highest BCUT2D eigenvalue weighted by Crippen LogP contribution is 2.15. The van der Waals surface area contributed by atoms with E-state index in [-0.39, 0.29) is 36.2 Å². The summed E-state index contributed by atoms with van der Waals surface area (Å²) in [5, 5.41) is 3.01. The Labute approximate surface area is 143 Å². The molecule has 1 fully saturated rings.